The Morgan fingerprint density at radius 1 is 1.40 bits per heavy atom. The number of amides is 2. The lowest BCUT2D eigenvalue weighted by Crippen LogP contribution is -2.58. The second kappa shape index (κ2) is 6.70. The van der Waals surface area contributed by atoms with E-state index in [1.807, 2.05) is 0 Å². The van der Waals surface area contributed by atoms with Crippen LogP contribution in [0.1, 0.15) is 43.5 Å². The number of esters is 1. The van der Waals surface area contributed by atoms with Crippen molar-refractivity contribution in [3.8, 4) is 0 Å². The van der Waals surface area contributed by atoms with Crippen LogP contribution in [0.5, 0.6) is 0 Å². The molecule has 0 radical (unpaired) electrons. The molecule has 25 heavy (non-hydrogen) atoms. The van der Waals surface area contributed by atoms with E-state index >= 15 is 0 Å². The van der Waals surface area contributed by atoms with E-state index in [4.69, 9.17) is 4.74 Å². The number of nitrogens with one attached hydrogen (secondary N) is 2. The van der Waals surface area contributed by atoms with Crippen LogP contribution in [-0.2, 0) is 14.3 Å². The Bertz CT molecular complexity index is 708. The molecule has 1 aromatic heterocycles. The monoisotopic (exact) mass is 346 g/mol. The molecule has 3 heterocycles. The minimum absolute atomic E-state index is 0.125. The van der Waals surface area contributed by atoms with E-state index in [2.05, 4.69) is 15.6 Å². The van der Waals surface area contributed by atoms with E-state index in [1.54, 1.807) is 32.2 Å². The number of rotatable bonds is 3. The molecule has 8 nitrogen and oxygen atoms in total. The highest BCUT2D eigenvalue weighted by Gasteiger charge is 2.42. The third-order valence-corrected chi connectivity index (χ3v) is 4.72. The maximum Gasteiger partial charge on any atom is 0.328 e. The molecule has 1 saturated heterocycles. The number of aromatic nitrogens is 1. The second-order valence-corrected chi connectivity index (χ2v) is 6.33. The van der Waals surface area contributed by atoms with E-state index < -0.39 is 17.7 Å². The zero-order chi connectivity index (χ0) is 18.0. The Hall–Kier alpha value is -2.64. The van der Waals surface area contributed by atoms with Gasteiger partial charge < -0.3 is 20.3 Å². The van der Waals surface area contributed by atoms with Crippen molar-refractivity contribution in [2.24, 2.45) is 0 Å². The molecule has 3 rings (SSSR count). The Balaban J connectivity index is 1.78. The highest BCUT2D eigenvalue weighted by molar-refractivity contribution is 6.01. The second-order valence-electron chi connectivity index (χ2n) is 6.33. The topological polar surface area (TPSA) is 101 Å². The van der Waals surface area contributed by atoms with Crippen molar-refractivity contribution in [2.75, 3.05) is 18.5 Å². The summed E-state index contributed by atoms with van der Waals surface area (Å²) in [6.07, 6.45) is 2.75. The van der Waals surface area contributed by atoms with Gasteiger partial charge in [-0.05, 0) is 32.4 Å². The van der Waals surface area contributed by atoms with Crippen molar-refractivity contribution in [1.29, 1.82) is 0 Å². The molecule has 1 spiro atoms. The molecular formula is C17H22N4O4. The van der Waals surface area contributed by atoms with Crippen molar-refractivity contribution < 1.29 is 19.1 Å². The van der Waals surface area contributed by atoms with E-state index in [1.165, 1.54) is 4.90 Å². The molecule has 0 aliphatic carbocycles. The van der Waals surface area contributed by atoms with Gasteiger partial charge in [0, 0.05) is 25.6 Å². The lowest BCUT2D eigenvalue weighted by Gasteiger charge is -2.39. The van der Waals surface area contributed by atoms with Gasteiger partial charge in [-0.25, -0.2) is 9.78 Å². The van der Waals surface area contributed by atoms with Crippen LogP contribution >= 0.6 is 0 Å². The lowest BCUT2D eigenvalue weighted by molar-refractivity contribution is -0.153. The van der Waals surface area contributed by atoms with Crippen LogP contribution in [-0.4, -0.2) is 52.5 Å². The van der Waals surface area contributed by atoms with Crippen molar-refractivity contribution in [1.82, 2.24) is 15.2 Å². The summed E-state index contributed by atoms with van der Waals surface area (Å²) in [4.78, 5) is 42.6. The summed E-state index contributed by atoms with van der Waals surface area (Å²) in [6.45, 7) is 4.01. The number of anilines is 1. The summed E-state index contributed by atoms with van der Waals surface area (Å²) in [6, 6.07) is 2.76. The van der Waals surface area contributed by atoms with Gasteiger partial charge in [-0.1, -0.05) is 0 Å². The zero-order valence-electron chi connectivity index (χ0n) is 14.4. The number of carbonyl (C=O) groups is 3. The first-order valence-corrected chi connectivity index (χ1v) is 8.47. The molecule has 8 heteroatoms. The van der Waals surface area contributed by atoms with Crippen molar-refractivity contribution in [2.45, 2.75) is 44.8 Å². The third-order valence-electron chi connectivity index (χ3n) is 4.72. The third kappa shape index (κ3) is 3.29. The Morgan fingerprint density at radius 3 is 2.96 bits per heavy atom. The van der Waals surface area contributed by atoms with Gasteiger partial charge in [0.2, 0.25) is 5.91 Å². The molecule has 2 atom stereocenters. The molecule has 1 aromatic rings. The molecule has 2 N–H and O–H groups in total. The normalized spacial score (nSPS) is 24.0. The fraction of sp³-hybridized carbons (Fsp3) is 0.529. The Morgan fingerprint density at radius 2 is 2.20 bits per heavy atom. The largest absolute Gasteiger partial charge is 0.464 e. The zero-order valence-corrected chi connectivity index (χ0v) is 14.4. The van der Waals surface area contributed by atoms with Crippen molar-refractivity contribution >= 4 is 23.6 Å². The first-order valence-electron chi connectivity index (χ1n) is 8.47. The van der Waals surface area contributed by atoms with Crippen LogP contribution in [0, 0.1) is 0 Å². The number of ether oxygens (including phenoxy) is 1. The highest BCUT2D eigenvalue weighted by atomic mass is 16.5. The number of pyridine rings is 1. The first kappa shape index (κ1) is 17.2. The number of carbonyl (C=O) groups excluding carboxylic acids is 3. The van der Waals surface area contributed by atoms with E-state index in [0.717, 1.165) is 0 Å². The molecule has 1 fully saturated rings. The summed E-state index contributed by atoms with van der Waals surface area (Å²) in [5.74, 6) is -0.230. The van der Waals surface area contributed by atoms with Crippen LogP contribution in [0.15, 0.2) is 18.3 Å². The van der Waals surface area contributed by atoms with Crippen LogP contribution in [0.4, 0.5) is 5.82 Å². The number of likely N-dealkylation sites (tertiary alicyclic amines) is 1. The van der Waals surface area contributed by atoms with Gasteiger partial charge >= 0.3 is 5.97 Å². The number of fused-ring (bicyclic) bond motifs is 1. The molecule has 0 saturated carbocycles. The van der Waals surface area contributed by atoms with Crippen LogP contribution in [0.3, 0.4) is 0 Å². The fourth-order valence-electron chi connectivity index (χ4n) is 3.31. The van der Waals surface area contributed by atoms with Crippen LogP contribution in [0.2, 0.25) is 0 Å². The van der Waals surface area contributed by atoms with Crippen LogP contribution in [0.25, 0.3) is 0 Å². The lowest BCUT2D eigenvalue weighted by atomic mass is 9.97. The Labute approximate surface area is 145 Å². The van der Waals surface area contributed by atoms with Gasteiger partial charge in [0.15, 0.2) is 0 Å². The van der Waals surface area contributed by atoms with Crippen molar-refractivity contribution in [3.05, 3.63) is 23.9 Å². The molecule has 134 valence electrons. The minimum atomic E-state index is -0.739. The predicted molar refractivity (Wildman–Crippen MR) is 89.7 cm³/mol. The minimum Gasteiger partial charge on any atom is -0.464 e. The Kier molecular flexibility index (Phi) is 4.61. The molecular weight excluding hydrogens is 324 g/mol. The van der Waals surface area contributed by atoms with Gasteiger partial charge in [-0.15, -0.1) is 0 Å². The number of hydrogen-bond acceptors (Lipinski definition) is 6. The average molecular weight is 346 g/mol. The molecule has 2 aliphatic rings. The van der Waals surface area contributed by atoms with Gasteiger partial charge in [0.25, 0.3) is 5.91 Å². The quantitative estimate of drug-likeness (QED) is 0.789. The molecule has 0 unspecified atom stereocenters. The van der Waals surface area contributed by atoms with E-state index in [9.17, 15) is 14.4 Å². The molecule has 2 amide bonds. The summed E-state index contributed by atoms with van der Waals surface area (Å²) in [5.41, 5.74) is -0.252. The number of nitrogens with zero attached hydrogens (tertiary/aromatic N) is 2. The van der Waals surface area contributed by atoms with Crippen LogP contribution < -0.4 is 10.6 Å². The van der Waals surface area contributed by atoms with Gasteiger partial charge in [0.1, 0.15) is 17.5 Å². The van der Waals surface area contributed by atoms with Crippen molar-refractivity contribution in [3.63, 3.8) is 0 Å². The predicted octanol–water partition coefficient (Wildman–Crippen LogP) is 0.897. The maximum atomic E-state index is 12.5. The summed E-state index contributed by atoms with van der Waals surface area (Å²) < 4.78 is 5.02. The summed E-state index contributed by atoms with van der Waals surface area (Å²) in [5, 5.41) is 6.26. The smallest absolute Gasteiger partial charge is 0.328 e. The van der Waals surface area contributed by atoms with Gasteiger partial charge in [-0.2, -0.15) is 0 Å². The summed E-state index contributed by atoms with van der Waals surface area (Å²) in [7, 11) is 0. The average Bonchev–Trinajstić information content (AvgIpc) is 2.74. The highest BCUT2D eigenvalue weighted by Crippen LogP contribution is 2.30. The SMILES string of the molecule is CCOC(=O)[C@H](C)N1CC[C@]2(CCC1=O)NC(=O)c1cccnc1N2. The fourth-order valence-corrected chi connectivity index (χ4v) is 3.31. The maximum absolute atomic E-state index is 12.5. The standard InChI is InChI=1S/C17H22N4O4/c1-3-25-16(24)11(2)21-10-8-17(7-6-13(21)22)19-14-12(15(23)20-17)5-4-9-18-14/h4-5,9,11H,3,6-8,10H2,1-2H3,(H,18,19)(H,20,23)/t11-,17-/m0/s1. The molecule has 2 aliphatic heterocycles. The molecule has 0 bridgehead atoms. The number of hydrogen-bond donors (Lipinski definition) is 2. The van der Waals surface area contributed by atoms with E-state index in [-0.39, 0.29) is 24.8 Å². The van der Waals surface area contributed by atoms with Gasteiger partial charge in [-0.3, -0.25) is 9.59 Å². The van der Waals surface area contributed by atoms with E-state index in [0.29, 0.717) is 30.8 Å². The van der Waals surface area contributed by atoms with Gasteiger partial charge in [0.05, 0.1) is 12.2 Å². The summed E-state index contributed by atoms with van der Waals surface area (Å²) >= 11 is 0. The molecule has 0 aromatic carbocycles. The first-order chi connectivity index (χ1) is 12.0.